The Morgan fingerprint density at radius 2 is 1.73 bits per heavy atom. The molecule has 0 atom stereocenters. The summed E-state index contributed by atoms with van der Waals surface area (Å²) in [6, 6.07) is 0. The fourth-order valence-electron chi connectivity index (χ4n) is 1.73. The van der Waals surface area contributed by atoms with Gasteiger partial charge in [-0.3, -0.25) is 10.2 Å². The van der Waals surface area contributed by atoms with E-state index in [1.165, 1.54) is 19.3 Å². The average molecular weight is 229 g/mol. The van der Waals surface area contributed by atoms with Gasteiger partial charge in [0.2, 0.25) is 5.91 Å². The van der Waals surface area contributed by atoms with Crippen molar-refractivity contribution in [3.63, 3.8) is 0 Å². The van der Waals surface area contributed by atoms with Crippen LogP contribution < -0.4 is 5.73 Å². The van der Waals surface area contributed by atoms with Gasteiger partial charge in [-0.25, -0.2) is 0 Å². The molecule has 1 aliphatic heterocycles. The van der Waals surface area contributed by atoms with Crippen molar-refractivity contribution in [3.8, 4) is 0 Å². The lowest BCUT2D eigenvalue weighted by Crippen LogP contribution is -2.35. The average Bonchev–Trinajstić information content (AvgIpc) is 2.13. The summed E-state index contributed by atoms with van der Waals surface area (Å²) in [4.78, 5) is 13.6. The molecule has 0 radical (unpaired) electrons. The van der Waals surface area contributed by atoms with Crippen LogP contribution in [0.1, 0.15) is 32.1 Å². The smallest absolute Gasteiger partial charge is 0.233 e. The number of nitrogens with two attached hydrogens (primary N) is 1. The normalized spacial score (nSPS) is 18.0. The van der Waals surface area contributed by atoms with Crippen molar-refractivity contribution in [1.82, 2.24) is 4.90 Å². The minimum Gasteiger partial charge on any atom is -0.379 e. The second kappa shape index (κ2) is 6.71. The van der Waals surface area contributed by atoms with Gasteiger partial charge in [0.25, 0.3) is 0 Å². The number of nitrogens with one attached hydrogen (secondary N) is 1. The highest BCUT2D eigenvalue weighted by Gasteiger charge is 2.14. The van der Waals surface area contributed by atoms with Gasteiger partial charge in [-0.1, -0.05) is 31.0 Å². The van der Waals surface area contributed by atoms with Crippen LogP contribution in [-0.2, 0) is 4.79 Å². The highest BCUT2D eigenvalue weighted by atomic mass is 32.2. The number of carbonyl (C=O) groups is 1. The van der Waals surface area contributed by atoms with Gasteiger partial charge in [0.15, 0.2) is 5.17 Å². The van der Waals surface area contributed by atoms with Crippen LogP contribution in [0, 0.1) is 5.41 Å². The molecule has 0 aromatic carbocycles. The number of hydrogen-bond donors (Lipinski definition) is 2. The topological polar surface area (TPSA) is 70.2 Å². The molecule has 4 nitrogen and oxygen atoms in total. The Hall–Kier alpha value is -0.710. The number of carbonyl (C=O) groups excluding carboxylic acids is 1. The van der Waals surface area contributed by atoms with Crippen molar-refractivity contribution in [2.45, 2.75) is 32.1 Å². The maximum Gasteiger partial charge on any atom is 0.233 e. The molecule has 1 amide bonds. The summed E-state index contributed by atoms with van der Waals surface area (Å²) >= 11 is 1.11. The van der Waals surface area contributed by atoms with E-state index in [0.29, 0.717) is 5.75 Å². The number of hydrogen-bond acceptors (Lipinski definition) is 3. The predicted molar refractivity (Wildman–Crippen MR) is 64.0 cm³/mol. The lowest BCUT2D eigenvalue weighted by atomic mass is 10.1. The first kappa shape index (κ1) is 12.4. The molecule has 1 aliphatic rings. The van der Waals surface area contributed by atoms with E-state index in [1.807, 2.05) is 4.90 Å². The van der Waals surface area contributed by atoms with Gasteiger partial charge in [0.1, 0.15) is 0 Å². The number of nitrogens with zero attached hydrogens (tertiary/aromatic N) is 1. The molecule has 1 rings (SSSR count). The standard InChI is InChI=1S/C10H19N3OS/c11-10(12)15-8-9(14)13-6-4-2-1-3-5-7-13/h1-8H2,(H3,11,12). The van der Waals surface area contributed by atoms with Crippen LogP contribution >= 0.6 is 11.8 Å². The molecule has 5 heteroatoms. The SMILES string of the molecule is N=C(N)SCC(=O)N1CCCCCCC1. The Morgan fingerprint density at radius 3 is 2.27 bits per heavy atom. The van der Waals surface area contributed by atoms with Crippen LogP contribution in [0.3, 0.4) is 0 Å². The molecular formula is C10H19N3OS. The fourth-order valence-corrected chi connectivity index (χ4v) is 2.19. The zero-order valence-corrected chi connectivity index (χ0v) is 9.81. The van der Waals surface area contributed by atoms with Crippen LogP contribution in [0.2, 0.25) is 0 Å². The van der Waals surface area contributed by atoms with E-state index in [-0.39, 0.29) is 11.1 Å². The van der Waals surface area contributed by atoms with E-state index in [4.69, 9.17) is 11.1 Å². The first-order valence-electron chi connectivity index (χ1n) is 5.45. The molecule has 0 aromatic heterocycles. The molecule has 1 heterocycles. The number of likely N-dealkylation sites (tertiary alicyclic amines) is 1. The van der Waals surface area contributed by atoms with E-state index in [2.05, 4.69) is 0 Å². The summed E-state index contributed by atoms with van der Waals surface area (Å²) < 4.78 is 0. The van der Waals surface area contributed by atoms with Crippen molar-refractivity contribution in [3.05, 3.63) is 0 Å². The molecule has 1 fully saturated rings. The van der Waals surface area contributed by atoms with E-state index in [1.54, 1.807) is 0 Å². The molecule has 0 aromatic rings. The van der Waals surface area contributed by atoms with Gasteiger partial charge < -0.3 is 10.6 Å². The summed E-state index contributed by atoms with van der Waals surface area (Å²) in [5.41, 5.74) is 5.20. The summed E-state index contributed by atoms with van der Waals surface area (Å²) in [5.74, 6) is 0.437. The van der Waals surface area contributed by atoms with Crippen LogP contribution in [0.5, 0.6) is 0 Å². The van der Waals surface area contributed by atoms with E-state index in [0.717, 1.165) is 37.7 Å². The molecule has 0 saturated carbocycles. The third kappa shape index (κ3) is 5.06. The van der Waals surface area contributed by atoms with Crippen LogP contribution in [0.25, 0.3) is 0 Å². The van der Waals surface area contributed by atoms with Crippen molar-refractivity contribution < 1.29 is 4.79 Å². The van der Waals surface area contributed by atoms with Gasteiger partial charge in [-0.05, 0) is 12.8 Å². The molecule has 3 N–H and O–H groups in total. The Balaban J connectivity index is 2.31. The quantitative estimate of drug-likeness (QED) is 0.555. The minimum absolute atomic E-state index is 0.0235. The van der Waals surface area contributed by atoms with Crippen molar-refractivity contribution >= 4 is 22.8 Å². The van der Waals surface area contributed by atoms with E-state index in [9.17, 15) is 4.79 Å². The zero-order valence-electron chi connectivity index (χ0n) is 9.00. The number of thioether (sulfide) groups is 1. The molecule has 0 aliphatic carbocycles. The van der Waals surface area contributed by atoms with Crippen molar-refractivity contribution in [2.24, 2.45) is 5.73 Å². The summed E-state index contributed by atoms with van der Waals surface area (Å²) in [6.45, 7) is 1.74. The number of amidine groups is 1. The van der Waals surface area contributed by atoms with Crippen molar-refractivity contribution in [1.29, 1.82) is 5.41 Å². The highest BCUT2D eigenvalue weighted by Crippen LogP contribution is 2.11. The first-order chi connectivity index (χ1) is 7.20. The van der Waals surface area contributed by atoms with Gasteiger partial charge in [0.05, 0.1) is 5.75 Å². The molecular weight excluding hydrogens is 210 g/mol. The summed E-state index contributed by atoms with van der Waals surface area (Å²) in [7, 11) is 0. The van der Waals surface area contributed by atoms with Crippen molar-refractivity contribution in [2.75, 3.05) is 18.8 Å². The second-order valence-electron chi connectivity index (χ2n) is 3.80. The molecule has 86 valence electrons. The van der Waals surface area contributed by atoms with Gasteiger partial charge >= 0.3 is 0 Å². The molecule has 0 unspecified atom stereocenters. The van der Waals surface area contributed by atoms with Gasteiger partial charge in [-0.15, -0.1) is 0 Å². The third-order valence-corrected chi connectivity index (χ3v) is 3.26. The fraction of sp³-hybridized carbons (Fsp3) is 0.800. The number of amides is 1. The summed E-state index contributed by atoms with van der Waals surface area (Å²) in [5, 5.41) is 7.07. The maximum atomic E-state index is 11.7. The van der Waals surface area contributed by atoms with Crippen LogP contribution in [-0.4, -0.2) is 34.8 Å². The highest BCUT2D eigenvalue weighted by molar-refractivity contribution is 8.14. The lowest BCUT2D eigenvalue weighted by molar-refractivity contribution is -0.128. The third-order valence-electron chi connectivity index (χ3n) is 2.56. The predicted octanol–water partition coefficient (Wildman–Crippen LogP) is 1.41. The first-order valence-corrected chi connectivity index (χ1v) is 6.43. The Bertz CT molecular complexity index is 225. The monoisotopic (exact) mass is 229 g/mol. The molecule has 15 heavy (non-hydrogen) atoms. The van der Waals surface area contributed by atoms with Crippen LogP contribution in [0.15, 0.2) is 0 Å². The van der Waals surface area contributed by atoms with Gasteiger partial charge in [0, 0.05) is 13.1 Å². The molecule has 0 bridgehead atoms. The van der Waals surface area contributed by atoms with Crippen LogP contribution in [0.4, 0.5) is 0 Å². The zero-order chi connectivity index (χ0) is 11.1. The minimum atomic E-state index is 0.0235. The largest absolute Gasteiger partial charge is 0.379 e. The molecule has 1 saturated heterocycles. The maximum absolute atomic E-state index is 11.7. The van der Waals surface area contributed by atoms with Gasteiger partial charge in [-0.2, -0.15) is 0 Å². The van der Waals surface area contributed by atoms with E-state index < -0.39 is 0 Å². The Kier molecular flexibility index (Phi) is 5.53. The molecule has 0 spiro atoms. The Labute approximate surface area is 95.1 Å². The second-order valence-corrected chi connectivity index (χ2v) is 4.82. The number of rotatable bonds is 2. The van der Waals surface area contributed by atoms with E-state index >= 15 is 0 Å². The summed E-state index contributed by atoms with van der Waals surface area (Å²) in [6.07, 6.45) is 5.96. The lowest BCUT2D eigenvalue weighted by Gasteiger charge is -2.24. The Morgan fingerprint density at radius 1 is 1.20 bits per heavy atom.